The van der Waals surface area contributed by atoms with E-state index in [1.54, 1.807) is 11.9 Å². The SMILES string of the molecule is CCC1(C(=O)N(C)CC(=O)N2CCNCC2)CC1. The Kier molecular flexibility index (Phi) is 3.90. The maximum atomic E-state index is 12.2. The lowest BCUT2D eigenvalue weighted by Crippen LogP contribution is -2.50. The van der Waals surface area contributed by atoms with Gasteiger partial charge >= 0.3 is 0 Å². The molecule has 1 N–H and O–H groups in total. The predicted molar refractivity (Wildman–Crippen MR) is 69.0 cm³/mol. The van der Waals surface area contributed by atoms with Gasteiger partial charge < -0.3 is 15.1 Å². The van der Waals surface area contributed by atoms with Crippen molar-refractivity contribution in [3.63, 3.8) is 0 Å². The second-order valence-corrected chi connectivity index (χ2v) is 5.43. The summed E-state index contributed by atoms with van der Waals surface area (Å²) in [5.41, 5.74) is -0.140. The Labute approximate surface area is 108 Å². The number of nitrogens with zero attached hydrogens (tertiary/aromatic N) is 2. The average molecular weight is 253 g/mol. The van der Waals surface area contributed by atoms with Crippen LogP contribution in [0.3, 0.4) is 0 Å². The quantitative estimate of drug-likeness (QED) is 0.771. The Balaban J connectivity index is 1.84. The first-order chi connectivity index (χ1) is 8.59. The van der Waals surface area contributed by atoms with Crippen LogP contribution in [0.25, 0.3) is 0 Å². The molecule has 2 amide bonds. The van der Waals surface area contributed by atoms with Crippen molar-refractivity contribution in [3.8, 4) is 0 Å². The van der Waals surface area contributed by atoms with Crippen LogP contribution in [-0.4, -0.2) is 61.4 Å². The van der Waals surface area contributed by atoms with Gasteiger partial charge in [0.2, 0.25) is 11.8 Å². The third-order valence-electron chi connectivity index (χ3n) is 4.17. The number of carbonyl (C=O) groups excluding carboxylic acids is 2. The van der Waals surface area contributed by atoms with Gasteiger partial charge in [0.15, 0.2) is 0 Å². The van der Waals surface area contributed by atoms with Crippen LogP contribution in [0.5, 0.6) is 0 Å². The molecule has 18 heavy (non-hydrogen) atoms. The summed E-state index contributed by atoms with van der Waals surface area (Å²) in [6.45, 7) is 5.47. The molecule has 1 saturated carbocycles. The van der Waals surface area contributed by atoms with E-state index in [0.717, 1.165) is 45.4 Å². The molecule has 0 radical (unpaired) electrons. The molecule has 1 heterocycles. The lowest BCUT2D eigenvalue weighted by atomic mass is 10.0. The zero-order chi connectivity index (χ0) is 13.2. The number of rotatable bonds is 4. The van der Waals surface area contributed by atoms with Crippen molar-refractivity contribution in [2.45, 2.75) is 26.2 Å². The van der Waals surface area contributed by atoms with Gasteiger partial charge in [-0.1, -0.05) is 6.92 Å². The predicted octanol–water partition coefficient (Wildman–Crippen LogP) is 0.0668. The minimum atomic E-state index is -0.140. The van der Waals surface area contributed by atoms with E-state index in [1.807, 2.05) is 4.90 Å². The van der Waals surface area contributed by atoms with Gasteiger partial charge in [-0.25, -0.2) is 0 Å². The molecule has 102 valence electrons. The zero-order valence-electron chi connectivity index (χ0n) is 11.4. The van der Waals surface area contributed by atoms with E-state index < -0.39 is 0 Å². The Morgan fingerprint density at radius 1 is 1.28 bits per heavy atom. The van der Waals surface area contributed by atoms with Crippen molar-refractivity contribution in [1.82, 2.24) is 15.1 Å². The Hall–Kier alpha value is -1.10. The van der Waals surface area contributed by atoms with Crippen LogP contribution in [0.15, 0.2) is 0 Å². The molecule has 1 aliphatic carbocycles. The number of carbonyl (C=O) groups is 2. The Morgan fingerprint density at radius 3 is 2.39 bits per heavy atom. The van der Waals surface area contributed by atoms with Crippen molar-refractivity contribution in [1.29, 1.82) is 0 Å². The summed E-state index contributed by atoms with van der Waals surface area (Å²) < 4.78 is 0. The lowest BCUT2D eigenvalue weighted by Gasteiger charge is -2.30. The molecule has 5 nitrogen and oxygen atoms in total. The summed E-state index contributed by atoms with van der Waals surface area (Å²) in [5, 5.41) is 3.21. The first-order valence-corrected chi connectivity index (χ1v) is 6.83. The van der Waals surface area contributed by atoms with Crippen molar-refractivity contribution in [2.75, 3.05) is 39.8 Å². The monoisotopic (exact) mass is 253 g/mol. The van der Waals surface area contributed by atoms with Gasteiger partial charge in [-0.15, -0.1) is 0 Å². The molecule has 5 heteroatoms. The Bertz CT molecular complexity index is 333. The van der Waals surface area contributed by atoms with Crippen LogP contribution in [0, 0.1) is 5.41 Å². The van der Waals surface area contributed by atoms with Crippen LogP contribution in [0.4, 0.5) is 0 Å². The van der Waals surface area contributed by atoms with Crippen LogP contribution in [0.2, 0.25) is 0 Å². The summed E-state index contributed by atoms with van der Waals surface area (Å²) in [5.74, 6) is 0.215. The molecular formula is C13H23N3O2. The topological polar surface area (TPSA) is 52.7 Å². The first kappa shape index (κ1) is 13.3. The molecule has 2 aliphatic rings. The van der Waals surface area contributed by atoms with Crippen molar-refractivity contribution in [3.05, 3.63) is 0 Å². The molecule has 2 rings (SSSR count). The molecule has 0 unspecified atom stereocenters. The maximum Gasteiger partial charge on any atom is 0.242 e. The minimum absolute atomic E-state index is 0.0688. The fourth-order valence-electron chi connectivity index (χ4n) is 2.56. The van der Waals surface area contributed by atoms with Crippen LogP contribution < -0.4 is 5.32 Å². The highest BCUT2D eigenvalue weighted by molar-refractivity contribution is 5.89. The Morgan fingerprint density at radius 2 is 1.89 bits per heavy atom. The molecule has 1 saturated heterocycles. The molecule has 0 bridgehead atoms. The zero-order valence-corrected chi connectivity index (χ0v) is 11.4. The lowest BCUT2D eigenvalue weighted by molar-refractivity contribution is -0.142. The van der Waals surface area contributed by atoms with Gasteiger partial charge in [0.25, 0.3) is 0 Å². The summed E-state index contributed by atoms with van der Waals surface area (Å²) in [4.78, 5) is 27.7. The molecule has 0 spiro atoms. The fourth-order valence-corrected chi connectivity index (χ4v) is 2.56. The first-order valence-electron chi connectivity index (χ1n) is 6.83. The van der Waals surface area contributed by atoms with Gasteiger partial charge in [-0.2, -0.15) is 0 Å². The van der Waals surface area contributed by atoms with E-state index in [2.05, 4.69) is 12.2 Å². The van der Waals surface area contributed by atoms with E-state index in [4.69, 9.17) is 0 Å². The summed E-state index contributed by atoms with van der Waals surface area (Å²) in [7, 11) is 1.75. The fraction of sp³-hybridized carbons (Fsp3) is 0.846. The van der Waals surface area contributed by atoms with Gasteiger partial charge in [0.1, 0.15) is 0 Å². The molecular weight excluding hydrogens is 230 g/mol. The molecule has 0 atom stereocenters. The van der Waals surface area contributed by atoms with Gasteiger partial charge in [0.05, 0.1) is 6.54 Å². The number of hydrogen-bond acceptors (Lipinski definition) is 3. The average Bonchev–Trinajstić information content (AvgIpc) is 3.19. The normalized spacial score (nSPS) is 21.6. The van der Waals surface area contributed by atoms with E-state index >= 15 is 0 Å². The number of amides is 2. The highest BCUT2D eigenvalue weighted by atomic mass is 16.2. The van der Waals surface area contributed by atoms with Crippen LogP contribution in [0.1, 0.15) is 26.2 Å². The third-order valence-corrected chi connectivity index (χ3v) is 4.17. The van der Waals surface area contributed by atoms with Gasteiger partial charge in [-0.05, 0) is 19.3 Å². The van der Waals surface area contributed by atoms with Crippen LogP contribution >= 0.6 is 0 Å². The molecule has 2 fully saturated rings. The number of nitrogens with one attached hydrogen (secondary N) is 1. The van der Waals surface area contributed by atoms with Gasteiger partial charge in [-0.3, -0.25) is 9.59 Å². The summed E-state index contributed by atoms with van der Waals surface area (Å²) in [6.07, 6.45) is 2.85. The van der Waals surface area contributed by atoms with E-state index in [0.29, 0.717) is 0 Å². The molecule has 0 aromatic heterocycles. The summed E-state index contributed by atoms with van der Waals surface area (Å²) >= 11 is 0. The third kappa shape index (κ3) is 2.66. The highest BCUT2D eigenvalue weighted by Crippen LogP contribution is 2.49. The number of hydrogen-bond donors (Lipinski definition) is 1. The smallest absolute Gasteiger partial charge is 0.242 e. The standard InChI is InChI=1S/C13H23N3O2/c1-3-13(4-5-13)12(18)15(2)10-11(17)16-8-6-14-7-9-16/h14H,3-10H2,1-2H3. The van der Waals surface area contributed by atoms with Crippen molar-refractivity contribution < 1.29 is 9.59 Å². The van der Waals surface area contributed by atoms with Crippen LogP contribution in [-0.2, 0) is 9.59 Å². The number of piperazine rings is 1. The largest absolute Gasteiger partial charge is 0.339 e. The maximum absolute atomic E-state index is 12.2. The van der Waals surface area contributed by atoms with Crippen molar-refractivity contribution >= 4 is 11.8 Å². The van der Waals surface area contributed by atoms with E-state index in [1.165, 1.54) is 0 Å². The molecule has 0 aromatic carbocycles. The molecule has 0 aromatic rings. The van der Waals surface area contributed by atoms with E-state index in [-0.39, 0.29) is 23.8 Å². The second kappa shape index (κ2) is 5.26. The number of likely N-dealkylation sites (N-methyl/N-ethyl adjacent to an activating group) is 1. The van der Waals surface area contributed by atoms with Gasteiger partial charge in [0, 0.05) is 38.6 Å². The second-order valence-electron chi connectivity index (χ2n) is 5.43. The highest BCUT2D eigenvalue weighted by Gasteiger charge is 2.49. The minimum Gasteiger partial charge on any atom is -0.339 e. The van der Waals surface area contributed by atoms with E-state index in [9.17, 15) is 9.59 Å². The molecule has 1 aliphatic heterocycles. The summed E-state index contributed by atoms with van der Waals surface area (Å²) in [6, 6.07) is 0. The van der Waals surface area contributed by atoms with Crippen molar-refractivity contribution in [2.24, 2.45) is 5.41 Å².